The average Bonchev–Trinajstić information content (AvgIpc) is 2.77. The van der Waals surface area contributed by atoms with Gasteiger partial charge in [-0.1, -0.05) is 13.0 Å². The second-order valence-electron chi connectivity index (χ2n) is 4.53. The summed E-state index contributed by atoms with van der Waals surface area (Å²) in [4.78, 5) is 0.166. The van der Waals surface area contributed by atoms with Crippen LogP contribution >= 0.6 is 0 Å². The number of benzene rings is 1. The highest BCUT2D eigenvalue weighted by Gasteiger charge is 2.15. The maximum atomic E-state index is 12.2. The van der Waals surface area contributed by atoms with E-state index in [1.807, 2.05) is 20.2 Å². The number of aryl methyl sites for hydroxylation is 2. The number of rotatable bonds is 5. The number of anilines is 1. The van der Waals surface area contributed by atoms with Gasteiger partial charge in [-0.2, -0.15) is 5.10 Å². The SMILES string of the molecule is CCc1nn(C)cc1CNS(=O)(=O)c1cccc(N)c1. The van der Waals surface area contributed by atoms with Crippen molar-refractivity contribution in [2.24, 2.45) is 7.05 Å². The Morgan fingerprint density at radius 2 is 2.15 bits per heavy atom. The molecule has 0 spiro atoms. The van der Waals surface area contributed by atoms with Crippen LogP contribution in [0.4, 0.5) is 5.69 Å². The van der Waals surface area contributed by atoms with E-state index in [4.69, 9.17) is 5.73 Å². The summed E-state index contributed by atoms with van der Waals surface area (Å²) in [6.07, 6.45) is 2.58. The molecule has 0 saturated carbocycles. The van der Waals surface area contributed by atoms with Crippen molar-refractivity contribution in [3.63, 3.8) is 0 Å². The quantitative estimate of drug-likeness (QED) is 0.806. The van der Waals surface area contributed by atoms with E-state index in [1.165, 1.54) is 12.1 Å². The lowest BCUT2D eigenvalue weighted by molar-refractivity contribution is 0.581. The Morgan fingerprint density at radius 1 is 1.40 bits per heavy atom. The van der Waals surface area contributed by atoms with Crippen molar-refractivity contribution >= 4 is 15.7 Å². The van der Waals surface area contributed by atoms with Gasteiger partial charge < -0.3 is 5.73 Å². The molecule has 0 saturated heterocycles. The Morgan fingerprint density at radius 3 is 2.80 bits per heavy atom. The minimum atomic E-state index is -3.56. The number of nitrogens with two attached hydrogens (primary N) is 1. The lowest BCUT2D eigenvalue weighted by Gasteiger charge is -2.07. The smallest absolute Gasteiger partial charge is 0.240 e. The first kappa shape index (κ1) is 14.5. The van der Waals surface area contributed by atoms with Crippen molar-refractivity contribution in [2.45, 2.75) is 24.8 Å². The van der Waals surface area contributed by atoms with E-state index in [-0.39, 0.29) is 11.4 Å². The Kier molecular flexibility index (Phi) is 4.10. The van der Waals surface area contributed by atoms with E-state index in [2.05, 4.69) is 9.82 Å². The number of hydrogen-bond donors (Lipinski definition) is 2. The summed E-state index contributed by atoms with van der Waals surface area (Å²) >= 11 is 0. The number of hydrogen-bond acceptors (Lipinski definition) is 4. The fourth-order valence-corrected chi connectivity index (χ4v) is 3.03. The monoisotopic (exact) mass is 294 g/mol. The number of nitrogens with zero attached hydrogens (tertiary/aromatic N) is 2. The molecule has 2 aromatic rings. The Labute approximate surface area is 118 Å². The molecule has 108 valence electrons. The summed E-state index contributed by atoms with van der Waals surface area (Å²) in [6.45, 7) is 2.20. The Bertz CT molecular complexity index is 707. The van der Waals surface area contributed by atoms with Crippen LogP contribution in [0, 0.1) is 0 Å². The topological polar surface area (TPSA) is 90.0 Å². The normalized spacial score (nSPS) is 11.7. The fourth-order valence-electron chi connectivity index (χ4n) is 1.97. The molecule has 20 heavy (non-hydrogen) atoms. The minimum absolute atomic E-state index is 0.166. The molecule has 0 aliphatic carbocycles. The molecule has 0 radical (unpaired) electrons. The molecule has 1 aromatic carbocycles. The van der Waals surface area contributed by atoms with Gasteiger partial charge in [0.05, 0.1) is 10.6 Å². The van der Waals surface area contributed by atoms with Crippen LogP contribution < -0.4 is 10.5 Å². The van der Waals surface area contributed by atoms with Crippen LogP contribution in [-0.2, 0) is 30.0 Å². The lowest BCUT2D eigenvalue weighted by atomic mass is 10.2. The summed E-state index contributed by atoms with van der Waals surface area (Å²) < 4.78 is 28.6. The summed E-state index contributed by atoms with van der Waals surface area (Å²) in [7, 11) is -1.75. The Balaban J connectivity index is 2.17. The van der Waals surface area contributed by atoms with Gasteiger partial charge in [0.2, 0.25) is 10.0 Å². The zero-order chi connectivity index (χ0) is 14.8. The standard InChI is InChI=1S/C13H18N4O2S/c1-3-13-10(9-17(2)16-13)8-15-20(18,19)12-6-4-5-11(14)7-12/h4-7,9,15H,3,8,14H2,1-2H3. The van der Waals surface area contributed by atoms with Gasteiger partial charge in [0.15, 0.2) is 0 Å². The molecular formula is C13H18N4O2S. The third kappa shape index (κ3) is 3.17. The molecule has 0 aliphatic rings. The van der Waals surface area contributed by atoms with E-state index in [9.17, 15) is 8.42 Å². The van der Waals surface area contributed by atoms with Gasteiger partial charge in [0, 0.05) is 31.0 Å². The molecule has 2 rings (SSSR count). The molecule has 1 aromatic heterocycles. The highest BCUT2D eigenvalue weighted by atomic mass is 32.2. The Hall–Kier alpha value is -1.86. The number of nitrogen functional groups attached to an aromatic ring is 1. The van der Waals surface area contributed by atoms with Crippen molar-refractivity contribution in [2.75, 3.05) is 5.73 Å². The van der Waals surface area contributed by atoms with E-state index in [0.29, 0.717) is 5.69 Å². The van der Waals surface area contributed by atoms with Crippen LogP contribution in [0.5, 0.6) is 0 Å². The molecule has 3 N–H and O–H groups in total. The van der Waals surface area contributed by atoms with Gasteiger partial charge in [0.25, 0.3) is 0 Å². The van der Waals surface area contributed by atoms with Gasteiger partial charge >= 0.3 is 0 Å². The van der Waals surface area contributed by atoms with Gasteiger partial charge in [-0.3, -0.25) is 4.68 Å². The molecular weight excluding hydrogens is 276 g/mol. The van der Waals surface area contributed by atoms with Crippen LogP contribution in [0.1, 0.15) is 18.2 Å². The predicted molar refractivity (Wildman–Crippen MR) is 77.5 cm³/mol. The predicted octanol–water partition coefficient (Wildman–Crippen LogP) is 1.04. The number of aromatic nitrogens is 2. The first-order valence-corrected chi connectivity index (χ1v) is 7.77. The van der Waals surface area contributed by atoms with E-state index >= 15 is 0 Å². The lowest BCUT2D eigenvalue weighted by Crippen LogP contribution is -2.23. The third-order valence-electron chi connectivity index (χ3n) is 2.95. The van der Waals surface area contributed by atoms with E-state index < -0.39 is 10.0 Å². The van der Waals surface area contributed by atoms with Crippen LogP contribution in [-0.4, -0.2) is 18.2 Å². The summed E-state index contributed by atoms with van der Waals surface area (Å²) in [5.74, 6) is 0. The molecule has 0 unspecified atom stereocenters. The molecule has 7 heteroatoms. The zero-order valence-electron chi connectivity index (χ0n) is 11.5. The largest absolute Gasteiger partial charge is 0.399 e. The third-order valence-corrected chi connectivity index (χ3v) is 4.35. The summed E-state index contributed by atoms with van der Waals surface area (Å²) in [6, 6.07) is 6.22. The zero-order valence-corrected chi connectivity index (χ0v) is 12.3. The van der Waals surface area contributed by atoms with Gasteiger partial charge in [-0.05, 0) is 24.6 Å². The van der Waals surface area contributed by atoms with E-state index in [0.717, 1.165) is 17.7 Å². The number of nitrogens with one attached hydrogen (secondary N) is 1. The maximum absolute atomic E-state index is 12.2. The maximum Gasteiger partial charge on any atom is 0.240 e. The molecule has 0 atom stereocenters. The average molecular weight is 294 g/mol. The second-order valence-corrected chi connectivity index (χ2v) is 6.29. The van der Waals surface area contributed by atoms with Crippen LogP contribution in [0.25, 0.3) is 0 Å². The molecule has 0 aliphatic heterocycles. The van der Waals surface area contributed by atoms with Crippen molar-refractivity contribution in [1.29, 1.82) is 0 Å². The highest BCUT2D eigenvalue weighted by molar-refractivity contribution is 7.89. The van der Waals surface area contributed by atoms with Crippen LogP contribution in [0.2, 0.25) is 0 Å². The van der Waals surface area contributed by atoms with Gasteiger partial charge in [0.1, 0.15) is 0 Å². The van der Waals surface area contributed by atoms with Crippen LogP contribution in [0.15, 0.2) is 35.4 Å². The minimum Gasteiger partial charge on any atom is -0.399 e. The van der Waals surface area contributed by atoms with Crippen molar-refractivity contribution in [3.05, 3.63) is 41.7 Å². The van der Waals surface area contributed by atoms with Crippen LogP contribution in [0.3, 0.4) is 0 Å². The van der Waals surface area contributed by atoms with E-state index in [1.54, 1.807) is 16.8 Å². The summed E-state index contributed by atoms with van der Waals surface area (Å²) in [5, 5.41) is 4.28. The second kappa shape index (κ2) is 5.64. The molecule has 0 fully saturated rings. The molecule has 1 heterocycles. The fraction of sp³-hybridized carbons (Fsp3) is 0.308. The first-order chi connectivity index (χ1) is 9.42. The van der Waals surface area contributed by atoms with Crippen molar-refractivity contribution in [3.8, 4) is 0 Å². The molecule has 0 amide bonds. The first-order valence-electron chi connectivity index (χ1n) is 6.29. The summed E-state index contributed by atoms with van der Waals surface area (Å²) in [5.41, 5.74) is 7.79. The molecule has 6 nitrogen and oxygen atoms in total. The van der Waals surface area contributed by atoms with Crippen molar-refractivity contribution < 1.29 is 8.42 Å². The van der Waals surface area contributed by atoms with Gasteiger partial charge in [-0.15, -0.1) is 0 Å². The molecule has 0 bridgehead atoms. The van der Waals surface area contributed by atoms with Gasteiger partial charge in [-0.25, -0.2) is 13.1 Å². The highest BCUT2D eigenvalue weighted by Crippen LogP contribution is 2.14. The number of sulfonamides is 1. The van der Waals surface area contributed by atoms with Crippen molar-refractivity contribution in [1.82, 2.24) is 14.5 Å².